The van der Waals surface area contributed by atoms with Crippen LogP contribution in [0.15, 0.2) is 35.3 Å². The second kappa shape index (κ2) is 8.95. The van der Waals surface area contributed by atoms with Crippen molar-refractivity contribution in [3.8, 4) is 6.07 Å². The third-order valence-electron chi connectivity index (χ3n) is 5.85. The molecule has 0 saturated carbocycles. The van der Waals surface area contributed by atoms with Gasteiger partial charge in [0, 0.05) is 37.3 Å². The van der Waals surface area contributed by atoms with E-state index in [2.05, 4.69) is 10.3 Å². The number of aryl methyl sites for hydroxylation is 1. The predicted molar refractivity (Wildman–Crippen MR) is 118 cm³/mol. The molecule has 1 aromatic carbocycles. The van der Waals surface area contributed by atoms with Gasteiger partial charge in [0.15, 0.2) is 0 Å². The van der Waals surface area contributed by atoms with E-state index < -0.39 is 23.6 Å². The van der Waals surface area contributed by atoms with Gasteiger partial charge in [-0.2, -0.15) is 18.4 Å². The third-order valence-corrected chi connectivity index (χ3v) is 5.85. The number of halogens is 4. The summed E-state index contributed by atoms with van der Waals surface area (Å²) in [5.41, 5.74) is -0.984. The first kappa shape index (κ1) is 23.5. The first-order valence-electron chi connectivity index (χ1n) is 10.5. The van der Waals surface area contributed by atoms with Crippen LogP contribution in [-0.4, -0.2) is 35.9 Å². The second-order valence-corrected chi connectivity index (χ2v) is 7.96. The number of rotatable bonds is 4. The molecule has 0 radical (unpaired) electrons. The molecule has 1 fully saturated rings. The van der Waals surface area contributed by atoms with Gasteiger partial charge in [-0.3, -0.25) is 4.79 Å². The number of nitriles is 1. The van der Waals surface area contributed by atoms with Crippen LogP contribution in [0.1, 0.15) is 29.7 Å². The molecule has 3 heterocycles. The normalized spacial score (nSPS) is 15.3. The van der Waals surface area contributed by atoms with Crippen molar-refractivity contribution in [2.75, 3.05) is 36.5 Å². The molecule has 0 aliphatic carbocycles. The Balaban J connectivity index is 1.83. The highest BCUT2D eigenvalue weighted by atomic mass is 19.4. The van der Waals surface area contributed by atoms with Gasteiger partial charge in [-0.1, -0.05) is 12.1 Å². The van der Waals surface area contributed by atoms with E-state index in [1.807, 2.05) is 11.0 Å². The first-order valence-corrected chi connectivity index (χ1v) is 10.5. The molecule has 1 aliphatic heterocycles. The van der Waals surface area contributed by atoms with E-state index in [9.17, 15) is 27.6 Å². The fourth-order valence-electron chi connectivity index (χ4n) is 4.10. The Kier molecular flexibility index (Phi) is 6.18. The lowest BCUT2D eigenvalue weighted by Crippen LogP contribution is -2.40. The van der Waals surface area contributed by atoms with E-state index in [-0.39, 0.29) is 22.5 Å². The second-order valence-electron chi connectivity index (χ2n) is 7.96. The van der Waals surface area contributed by atoms with Crippen LogP contribution < -0.4 is 15.8 Å². The van der Waals surface area contributed by atoms with Crippen molar-refractivity contribution in [3.05, 3.63) is 63.3 Å². The lowest BCUT2D eigenvalue weighted by molar-refractivity contribution is -0.140. The summed E-state index contributed by atoms with van der Waals surface area (Å²) in [5, 5.41) is 12.9. The van der Waals surface area contributed by atoms with Crippen LogP contribution in [0, 0.1) is 17.1 Å². The molecule has 2 aromatic heterocycles. The molecule has 1 atom stereocenters. The molecule has 34 heavy (non-hydrogen) atoms. The maximum atomic E-state index is 14.7. The molecule has 1 aliphatic rings. The number of pyridine rings is 2. The summed E-state index contributed by atoms with van der Waals surface area (Å²) < 4.78 is 60.9. The molecule has 3 aromatic rings. The Morgan fingerprint density at radius 3 is 2.62 bits per heavy atom. The van der Waals surface area contributed by atoms with Crippen LogP contribution in [-0.2, 0) is 18.0 Å². The zero-order valence-electron chi connectivity index (χ0n) is 18.4. The molecule has 0 unspecified atom stereocenters. The lowest BCUT2D eigenvalue weighted by atomic mass is 10.0. The molecule has 1 saturated heterocycles. The van der Waals surface area contributed by atoms with Crippen LogP contribution >= 0.6 is 0 Å². The summed E-state index contributed by atoms with van der Waals surface area (Å²) in [7, 11) is 1.54. The Morgan fingerprint density at radius 1 is 1.26 bits per heavy atom. The van der Waals surface area contributed by atoms with Crippen molar-refractivity contribution in [1.82, 2.24) is 9.55 Å². The standard InChI is InChI=1S/C23H21F4N5O2/c1-13(15-4-3-5-17(19(15)24)23(25,26)27)30-21-16-10-18(32-6-8-34-9-7-32)22(33)31(2)20(16)14(11-28)12-29-21/h3-5,10,12-13H,6-9H2,1-2H3,(H,29,30)/t13-/m1/s1. The molecule has 11 heteroatoms. The highest BCUT2D eigenvalue weighted by molar-refractivity contribution is 5.95. The molecule has 4 rings (SSSR count). The lowest BCUT2D eigenvalue weighted by Gasteiger charge is -2.29. The SMILES string of the molecule is C[C@@H](Nc1ncc(C#N)c2c1cc(N1CCOCC1)c(=O)n2C)c1cccc(C(F)(F)F)c1F. The monoisotopic (exact) mass is 475 g/mol. The quantitative estimate of drug-likeness (QED) is 0.575. The number of morpholine rings is 1. The molecular weight excluding hydrogens is 454 g/mol. The summed E-state index contributed by atoms with van der Waals surface area (Å²) in [6, 6.07) is 5.82. The van der Waals surface area contributed by atoms with E-state index in [0.29, 0.717) is 49.0 Å². The third kappa shape index (κ3) is 4.17. The summed E-state index contributed by atoms with van der Waals surface area (Å²) in [6.07, 6.45) is -3.56. The number of nitrogens with one attached hydrogen (secondary N) is 1. The molecule has 1 N–H and O–H groups in total. The van der Waals surface area contributed by atoms with Gasteiger partial charge in [-0.25, -0.2) is 9.37 Å². The number of benzene rings is 1. The highest BCUT2D eigenvalue weighted by Gasteiger charge is 2.35. The largest absolute Gasteiger partial charge is 0.419 e. The van der Waals surface area contributed by atoms with Crippen molar-refractivity contribution in [1.29, 1.82) is 5.26 Å². The van der Waals surface area contributed by atoms with Crippen LogP contribution in [0.2, 0.25) is 0 Å². The van der Waals surface area contributed by atoms with Crippen molar-refractivity contribution < 1.29 is 22.3 Å². The highest BCUT2D eigenvalue weighted by Crippen LogP contribution is 2.35. The number of hydrogen-bond donors (Lipinski definition) is 1. The molecular formula is C23H21F4N5O2. The van der Waals surface area contributed by atoms with Crippen LogP contribution in [0.5, 0.6) is 0 Å². The van der Waals surface area contributed by atoms with E-state index in [4.69, 9.17) is 4.74 Å². The van der Waals surface area contributed by atoms with Crippen molar-refractivity contribution in [2.24, 2.45) is 7.05 Å². The van der Waals surface area contributed by atoms with E-state index in [1.54, 1.807) is 6.07 Å². The van der Waals surface area contributed by atoms with Crippen molar-refractivity contribution >= 4 is 22.4 Å². The van der Waals surface area contributed by atoms with Gasteiger partial charge in [-0.15, -0.1) is 0 Å². The number of fused-ring (bicyclic) bond motifs is 1. The summed E-state index contributed by atoms with van der Waals surface area (Å²) in [4.78, 5) is 19.2. The van der Waals surface area contributed by atoms with Gasteiger partial charge in [0.25, 0.3) is 5.56 Å². The predicted octanol–water partition coefficient (Wildman–Crippen LogP) is 3.97. The smallest absolute Gasteiger partial charge is 0.378 e. The molecule has 178 valence electrons. The van der Waals surface area contributed by atoms with Crippen molar-refractivity contribution in [3.63, 3.8) is 0 Å². The van der Waals surface area contributed by atoms with Gasteiger partial charge in [0.1, 0.15) is 23.4 Å². The van der Waals surface area contributed by atoms with Crippen LogP contribution in [0.4, 0.5) is 29.1 Å². The first-order chi connectivity index (χ1) is 16.1. The minimum atomic E-state index is -4.83. The zero-order valence-corrected chi connectivity index (χ0v) is 18.4. The van der Waals surface area contributed by atoms with Gasteiger partial charge in [0.05, 0.1) is 35.9 Å². The fraction of sp³-hybridized carbons (Fsp3) is 0.348. The number of hydrogen-bond acceptors (Lipinski definition) is 6. The summed E-state index contributed by atoms with van der Waals surface area (Å²) in [6.45, 7) is 3.42. The van der Waals surface area contributed by atoms with E-state index >= 15 is 0 Å². The Hall–Kier alpha value is -3.65. The maximum absolute atomic E-state index is 14.7. The van der Waals surface area contributed by atoms with Crippen LogP contribution in [0.25, 0.3) is 10.9 Å². The number of nitrogens with zero attached hydrogens (tertiary/aromatic N) is 4. The van der Waals surface area contributed by atoms with E-state index in [0.717, 1.165) is 6.07 Å². The van der Waals surface area contributed by atoms with Gasteiger partial charge >= 0.3 is 6.18 Å². The Labute approximate surface area is 192 Å². The Morgan fingerprint density at radius 2 is 1.97 bits per heavy atom. The molecule has 7 nitrogen and oxygen atoms in total. The molecule has 0 amide bonds. The van der Waals surface area contributed by atoms with Gasteiger partial charge in [-0.05, 0) is 19.1 Å². The minimum Gasteiger partial charge on any atom is -0.378 e. The summed E-state index contributed by atoms with van der Waals surface area (Å²) >= 11 is 0. The number of alkyl halides is 3. The average molecular weight is 475 g/mol. The number of anilines is 2. The number of ether oxygens (including phenoxy) is 1. The maximum Gasteiger partial charge on any atom is 0.419 e. The van der Waals surface area contributed by atoms with Gasteiger partial charge in [0.2, 0.25) is 0 Å². The Bertz CT molecular complexity index is 1340. The van der Waals surface area contributed by atoms with Crippen molar-refractivity contribution in [2.45, 2.75) is 19.1 Å². The average Bonchev–Trinajstić information content (AvgIpc) is 2.81. The molecule has 0 spiro atoms. The fourth-order valence-corrected chi connectivity index (χ4v) is 4.10. The number of aromatic nitrogens is 2. The van der Waals surface area contributed by atoms with E-state index in [1.165, 1.54) is 30.8 Å². The van der Waals surface area contributed by atoms with Gasteiger partial charge < -0.3 is 19.5 Å². The minimum absolute atomic E-state index is 0.159. The molecule has 0 bridgehead atoms. The summed E-state index contributed by atoms with van der Waals surface area (Å²) in [5.74, 6) is -1.15. The topological polar surface area (TPSA) is 83.2 Å². The van der Waals surface area contributed by atoms with Crippen LogP contribution in [0.3, 0.4) is 0 Å². The zero-order chi connectivity index (χ0) is 24.6.